The van der Waals surface area contributed by atoms with Gasteiger partial charge in [-0.3, -0.25) is 4.79 Å². The molecule has 0 radical (unpaired) electrons. The van der Waals surface area contributed by atoms with Crippen molar-refractivity contribution < 1.29 is 9.53 Å². The summed E-state index contributed by atoms with van der Waals surface area (Å²) in [5, 5.41) is 0. The molecular weight excluding hydrogens is 180 g/mol. The molecule has 0 saturated carbocycles. The van der Waals surface area contributed by atoms with Crippen LogP contribution in [0.5, 0.6) is 0 Å². The minimum Gasteiger partial charge on any atom is -0.371 e. The first-order valence-corrected chi connectivity index (χ1v) is 5.29. The smallest absolute Gasteiger partial charge is 0.243 e. The highest BCUT2D eigenvalue weighted by molar-refractivity contribution is 5.74. The number of fused-ring (bicyclic) bond motifs is 3. The SMILES string of the molecule is NC(=O)COCC12CCN(CC1)CC2. The Morgan fingerprint density at radius 2 is 1.86 bits per heavy atom. The molecule has 1 amide bonds. The molecule has 0 aromatic rings. The summed E-state index contributed by atoms with van der Waals surface area (Å²) in [5.74, 6) is -0.366. The molecule has 14 heavy (non-hydrogen) atoms. The van der Waals surface area contributed by atoms with Gasteiger partial charge in [0.25, 0.3) is 0 Å². The van der Waals surface area contributed by atoms with Gasteiger partial charge in [0.15, 0.2) is 0 Å². The number of nitrogens with zero attached hydrogens (tertiary/aromatic N) is 1. The van der Waals surface area contributed by atoms with E-state index in [1.54, 1.807) is 0 Å². The van der Waals surface area contributed by atoms with Gasteiger partial charge < -0.3 is 15.4 Å². The number of hydrogen-bond donors (Lipinski definition) is 1. The molecule has 3 aliphatic rings. The maximum atomic E-state index is 10.5. The quantitative estimate of drug-likeness (QED) is 0.690. The second-order valence-electron chi connectivity index (χ2n) is 4.55. The molecule has 3 rings (SSSR count). The van der Waals surface area contributed by atoms with Gasteiger partial charge in [-0.15, -0.1) is 0 Å². The zero-order valence-electron chi connectivity index (χ0n) is 8.50. The van der Waals surface area contributed by atoms with E-state index in [4.69, 9.17) is 10.5 Å². The molecule has 3 heterocycles. The molecular formula is C10H18N2O2. The lowest BCUT2D eigenvalue weighted by Crippen LogP contribution is -2.50. The van der Waals surface area contributed by atoms with Gasteiger partial charge in [0.1, 0.15) is 6.61 Å². The minimum absolute atomic E-state index is 0.0749. The molecule has 0 aromatic carbocycles. The van der Waals surface area contributed by atoms with Crippen molar-refractivity contribution in [1.29, 1.82) is 0 Å². The van der Waals surface area contributed by atoms with Crippen LogP contribution in [0.2, 0.25) is 0 Å². The van der Waals surface area contributed by atoms with Gasteiger partial charge in [-0.05, 0) is 44.3 Å². The summed E-state index contributed by atoms with van der Waals surface area (Å²) in [6.07, 6.45) is 3.64. The predicted octanol–water partition coefficient (Wildman–Crippen LogP) is -0.0258. The summed E-state index contributed by atoms with van der Waals surface area (Å²) in [7, 11) is 0. The number of primary amides is 1. The van der Waals surface area contributed by atoms with E-state index < -0.39 is 0 Å². The molecule has 0 atom stereocenters. The Balaban J connectivity index is 1.80. The number of nitrogens with two attached hydrogens (primary N) is 1. The highest BCUT2D eigenvalue weighted by Gasteiger charge is 2.39. The molecule has 2 bridgehead atoms. The summed E-state index contributed by atoms with van der Waals surface area (Å²) in [5.41, 5.74) is 5.38. The highest BCUT2D eigenvalue weighted by atomic mass is 16.5. The van der Waals surface area contributed by atoms with E-state index in [9.17, 15) is 4.79 Å². The van der Waals surface area contributed by atoms with E-state index in [1.807, 2.05) is 0 Å². The van der Waals surface area contributed by atoms with Crippen molar-refractivity contribution in [2.45, 2.75) is 19.3 Å². The van der Waals surface area contributed by atoms with E-state index in [0.29, 0.717) is 12.0 Å². The Labute approximate surface area is 84.4 Å². The fourth-order valence-corrected chi connectivity index (χ4v) is 2.48. The molecule has 3 aliphatic heterocycles. The predicted molar refractivity (Wildman–Crippen MR) is 52.7 cm³/mol. The van der Waals surface area contributed by atoms with Crippen LogP contribution in [-0.2, 0) is 9.53 Å². The zero-order chi connectivity index (χ0) is 10.0. The van der Waals surface area contributed by atoms with Gasteiger partial charge in [-0.2, -0.15) is 0 Å². The van der Waals surface area contributed by atoms with Gasteiger partial charge in [0, 0.05) is 0 Å². The van der Waals surface area contributed by atoms with Gasteiger partial charge in [-0.25, -0.2) is 0 Å². The van der Waals surface area contributed by atoms with Crippen LogP contribution in [0.4, 0.5) is 0 Å². The molecule has 0 spiro atoms. The van der Waals surface area contributed by atoms with Gasteiger partial charge >= 0.3 is 0 Å². The topological polar surface area (TPSA) is 55.6 Å². The minimum atomic E-state index is -0.366. The number of piperidine rings is 3. The molecule has 3 fully saturated rings. The van der Waals surface area contributed by atoms with Crippen LogP contribution < -0.4 is 5.73 Å². The largest absolute Gasteiger partial charge is 0.371 e. The summed E-state index contributed by atoms with van der Waals surface area (Å²) in [6, 6.07) is 0. The monoisotopic (exact) mass is 198 g/mol. The summed E-state index contributed by atoms with van der Waals surface area (Å²) in [6.45, 7) is 4.37. The summed E-state index contributed by atoms with van der Waals surface area (Å²) in [4.78, 5) is 13.0. The van der Waals surface area contributed by atoms with Crippen molar-refractivity contribution in [2.75, 3.05) is 32.8 Å². The fourth-order valence-electron chi connectivity index (χ4n) is 2.48. The number of ether oxygens (including phenoxy) is 1. The van der Waals surface area contributed by atoms with E-state index in [2.05, 4.69) is 4.90 Å². The Morgan fingerprint density at radius 1 is 1.29 bits per heavy atom. The van der Waals surface area contributed by atoms with Crippen LogP contribution in [0.25, 0.3) is 0 Å². The first-order valence-electron chi connectivity index (χ1n) is 5.29. The Morgan fingerprint density at radius 3 is 2.36 bits per heavy atom. The zero-order valence-corrected chi connectivity index (χ0v) is 8.50. The van der Waals surface area contributed by atoms with Crippen LogP contribution in [0, 0.1) is 5.41 Å². The highest BCUT2D eigenvalue weighted by Crippen LogP contribution is 2.39. The maximum Gasteiger partial charge on any atom is 0.243 e. The van der Waals surface area contributed by atoms with Crippen LogP contribution in [0.15, 0.2) is 0 Å². The molecule has 3 saturated heterocycles. The lowest BCUT2D eigenvalue weighted by molar-refractivity contribution is -0.125. The van der Waals surface area contributed by atoms with Crippen molar-refractivity contribution >= 4 is 5.91 Å². The molecule has 0 aromatic heterocycles. The second kappa shape index (κ2) is 3.87. The summed E-state index contributed by atoms with van der Waals surface area (Å²) < 4.78 is 5.36. The van der Waals surface area contributed by atoms with E-state index >= 15 is 0 Å². The van der Waals surface area contributed by atoms with Crippen LogP contribution in [0.3, 0.4) is 0 Å². The third-order valence-electron chi connectivity index (χ3n) is 3.53. The third-order valence-corrected chi connectivity index (χ3v) is 3.53. The van der Waals surface area contributed by atoms with Crippen LogP contribution in [-0.4, -0.2) is 43.7 Å². The normalized spacial score (nSPS) is 35.9. The lowest BCUT2D eigenvalue weighted by atomic mass is 9.73. The number of carbonyl (C=O) groups is 1. The first-order chi connectivity index (χ1) is 6.70. The molecule has 80 valence electrons. The van der Waals surface area contributed by atoms with Crippen LogP contribution in [0.1, 0.15) is 19.3 Å². The van der Waals surface area contributed by atoms with Crippen molar-refractivity contribution in [2.24, 2.45) is 11.1 Å². The molecule has 0 unspecified atom stereocenters. The molecule has 0 aliphatic carbocycles. The Kier molecular flexibility index (Phi) is 2.74. The van der Waals surface area contributed by atoms with E-state index in [0.717, 1.165) is 0 Å². The number of carbonyl (C=O) groups excluding carboxylic acids is 1. The van der Waals surface area contributed by atoms with Gasteiger partial charge in [0.05, 0.1) is 6.61 Å². The molecule has 4 nitrogen and oxygen atoms in total. The van der Waals surface area contributed by atoms with Crippen molar-refractivity contribution in [3.8, 4) is 0 Å². The van der Waals surface area contributed by atoms with E-state index in [1.165, 1.54) is 38.9 Å². The Bertz CT molecular complexity index is 208. The van der Waals surface area contributed by atoms with Crippen molar-refractivity contribution in [3.63, 3.8) is 0 Å². The second-order valence-corrected chi connectivity index (χ2v) is 4.55. The third kappa shape index (κ3) is 2.07. The first kappa shape index (κ1) is 9.93. The van der Waals surface area contributed by atoms with Crippen molar-refractivity contribution in [3.05, 3.63) is 0 Å². The molecule has 2 N–H and O–H groups in total. The number of amides is 1. The lowest BCUT2D eigenvalue weighted by Gasteiger charge is -2.48. The molecule has 4 heteroatoms. The fraction of sp³-hybridized carbons (Fsp3) is 0.900. The average Bonchev–Trinajstić information content (AvgIpc) is 2.19. The Hall–Kier alpha value is -0.610. The van der Waals surface area contributed by atoms with Crippen LogP contribution >= 0.6 is 0 Å². The summed E-state index contributed by atoms with van der Waals surface area (Å²) >= 11 is 0. The number of rotatable bonds is 4. The standard InChI is InChI=1S/C10H18N2O2/c11-9(13)7-14-8-10-1-4-12(5-2-10)6-3-10/h1-8H2,(H2,11,13). The average molecular weight is 198 g/mol. The van der Waals surface area contributed by atoms with E-state index in [-0.39, 0.29) is 12.5 Å². The number of hydrogen-bond acceptors (Lipinski definition) is 3. The van der Waals surface area contributed by atoms with Gasteiger partial charge in [0.2, 0.25) is 5.91 Å². The van der Waals surface area contributed by atoms with Gasteiger partial charge in [-0.1, -0.05) is 0 Å². The maximum absolute atomic E-state index is 10.5. The van der Waals surface area contributed by atoms with Crippen molar-refractivity contribution in [1.82, 2.24) is 4.90 Å².